The predicted molar refractivity (Wildman–Crippen MR) is 165 cm³/mol. The number of nitrogens with zero attached hydrogens (tertiary/aromatic N) is 7. The van der Waals surface area contributed by atoms with E-state index in [2.05, 4.69) is 76.9 Å². The maximum Gasteiger partial charge on any atom is 0.318 e. The molecular weight excluding hydrogens is 545 g/mol. The predicted octanol–water partition coefficient (Wildman–Crippen LogP) is 4.47. The lowest BCUT2D eigenvalue weighted by Gasteiger charge is -2.41. The number of likely N-dealkylation sites (tertiary alicyclic amines) is 1. The van der Waals surface area contributed by atoms with Crippen LogP contribution in [0, 0.1) is 11.3 Å². The van der Waals surface area contributed by atoms with Crippen LogP contribution in [0.5, 0.6) is 6.01 Å². The zero-order chi connectivity index (χ0) is 29.9. The van der Waals surface area contributed by atoms with E-state index in [9.17, 15) is 14.4 Å². The number of likely N-dealkylation sites (N-methyl/N-ethyl adjacent to an activating group) is 1. The molecule has 10 heteroatoms. The second kappa shape index (κ2) is 12.6. The number of carbonyl (C=O) groups excluding carboxylic acids is 1. The summed E-state index contributed by atoms with van der Waals surface area (Å²) in [5.74, 6) is -0.973. The Morgan fingerprint density at radius 2 is 1.91 bits per heavy atom. The summed E-state index contributed by atoms with van der Waals surface area (Å²) >= 11 is 0. The molecule has 2 fully saturated rings. The number of amides is 1. The number of fused-ring (bicyclic) bond motifs is 2. The molecule has 3 aliphatic rings. The van der Waals surface area contributed by atoms with Gasteiger partial charge in [0.05, 0.1) is 30.8 Å². The molecule has 2 aromatic carbocycles. The van der Waals surface area contributed by atoms with Gasteiger partial charge in [-0.3, -0.25) is 4.79 Å². The molecule has 0 saturated carbocycles. The largest absolute Gasteiger partial charge is 0.462 e. The van der Waals surface area contributed by atoms with E-state index in [1.807, 2.05) is 0 Å². The van der Waals surface area contributed by atoms with Crippen molar-refractivity contribution in [2.45, 2.75) is 50.7 Å². The first-order valence-corrected chi connectivity index (χ1v) is 15.2. The molecular formula is C33H38FN7O2. The number of carbonyl (C=O) groups is 1. The molecule has 0 N–H and O–H groups in total. The quantitative estimate of drug-likeness (QED) is 0.377. The summed E-state index contributed by atoms with van der Waals surface area (Å²) in [5, 5.41) is 11.9. The Balaban J connectivity index is 1.35. The molecule has 2 atom stereocenters. The van der Waals surface area contributed by atoms with Crippen molar-refractivity contribution in [3.8, 4) is 12.1 Å². The van der Waals surface area contributed by atoms with Crippen molar-refractivity contribution in [3.05, 3.63) is 66.1 Å². The minimum Gasteiger partial charge on any atom is -0.462 e. The first kappa shape index (κ1) is 28.9. The summed E-state index contributed by atoms with van der Waals surface area (Å²) in [7, 11) is 2.12. The van der Waals surface area contributed by atoms with E-state index in [0.717, 1.165) is 55.8 Å². The number of benzene rings is 2. The molecule has 1 amide bonds. The van der Waals surface area contributed by atoms with Crippen LogP contribution in [0.15, 0.2) is 54.9 Å². The first-order chi connectivity index (χ1) is 20.9. The Kier molecular flexibility index (Phi) is 8.43. The Bertz CT molecular complexity index is 1550. The van der Waals surface area contributed by atoms with Crippen molar-refractivity contribution in [1.82, 2.24) is 19.8 Å². The molecule has 0 aliphatic carbocycles. The Morgan fingerprint density at radius 1 is 1.07 bits per heavy atom. The van der Waals surface area contributed by atoms with E-state index in [1.165, 1.54) is 21.4 Å². The fraction of sp³-hybridized carbons (Fsp3) is 0.455. The fourth-order valence-electron chi connectivity index (χ4n) is 6.72. The summed E-state index contributed by atoms with van der Waals surface area (Å²) in [6.07, 6.45) is 4.03. The standard InChI is InChI=1S/C33H38FN7O2/c1-23(34)32(42)41-19-18-40(20-25(41)14-15-35)31-28-12-7-17-39(30-13-5-9-24-8-3-4-11-27(24)30)21-29(28)36-33(37-31)43-22-26-10-6-16-38(26)2/h3-5,8-9,11,13,25-26H,1,6-7,10,12,14,16-22H2,2H3. The number of piperazine rings is 1. The van der Waals surface area contributed by atoms with Crippen LogP contribution in [0.25, 0.3) is 10.8 Å². The molecule has 6 rings (SSSR count). The lowest BCUT2D eigenvalue weighted by molar-refractivity contribution is -0.131. The van der Waals surface area contributed by atoms with Gasteiger partial charge in [-0.05, 0) is 50.7 Å². The van der Waals surface area contributed by atoms with Crippen LogP contribution in [0.3, 0.4) is 0 Å². The molecule has 43 heavy (non-hydrogen) atoms. The molecule has 0 radical (unpaired) electrons. The molecule has 1 aromatic heterocycles. The minimum absolute atomic E-state index is 0.0923. The summed E-state index contributed by atoms with van der Waals surface area (Å²) in [6, 6.07) is 17.2. The smallest absolute Gasteiger partial charge is 0.318 e. The number of nitriles is 1. The van der Waals surface area contributed by atoms with E-state index in [1.54, 1.807) is 0 Å². The van der Waals surface area contributed by atoms with Crippen LogP contribution in [0.2, 0.25) is 0 Å². The highest BCUT2D eigenvalue weighted by Crippen LogP contribution is 2.34. The third kappa shape index (κ3) is 6.00. The number of aromatic nitrogens is 2. The lowest BCUT2D eigenvalue weighted by Crippen LogP contribution is -2.55. The maximum absolute atomic E-state index is 13.8. The monoisotopic (exact) mass is 583 g/mol. The summed E-state index contributed by atoms with van der Waals surface area (Å²) in [5.41, 5.74) is 3.17. The number of halogens is 1. The second-order valence-corrected chi connectivity index (χ2v) is 11.7. The highest BCUT2D eigenvalue weighted by atomic mass is 19.1. The molecule has 224 valence electrons. The van der Waals surface area contributed by atoms with Gasteiger partial charge in [0, 0.05) is 48.9 Å². The van der Waals surface area contributed by atoms with Crippen LogP contribution in [0.4, 0.5) is 15.9 Å². The number of ether oxygens (including phenoxy) is 1. The third-order valence-corrected chi connectivity index (χ3v) is 9.03. The molecule has 9 nitrogen and oxygen atoms in total. The van der Waals surface area contributed by atoms with Gasteiger partial charge in [-0.25, -0.2) is 4.39 Å². The lowest BCUT2D eigenvalue weighted by atomic mass is 10.1. The topological polar surface area (TPSA) is 88.8 Å². The van der Waals surface area contributed by atoms with Crippen LogP contribution in [0.1, 0.15) is 36.9 Å². The van der Waals surface area contributed by atoms with Crippen molar-refractivity contribution in [1.29, 1.82) is 5.26 Å². The number of hydrogen-bond acceptors (Lipinski definition) is 8. The van der Waals surface area contributed by atoms with Crippen LogP contribution < -0.4 is 14.5 Å². The van der Waals surface area contributed by atoms with Gasteiger partial charge in [-0.15, -0.1) is 0 Å². The number of rotatable bonds is 7. The van der Waals surface area contributed by atoms with Gasteiger partial charge in [0.2, 0.25) is 0 Å². The van der Waals surface area contributed by atoms with Crippen molar-refractivity contribution in [3.63, 3.8) is 0 Å². The average Bonchev–Trinajstić information content (AvgIpc) is 3.31. The Labute approximate surface area is 252 Å². The van der Waals surface area contributed by atoms with Gasteiger partial charge in [0.1, 0.15) is 12.4 Å². The normalized spacial score (nSPS) is 20.9. The van der Waals surface area contributed by atoms with Gasteiger partial charge < -0.3 is 24.3 Å². The average molecular weight is 584 g/mol. The summed E-state index contributed by atoms with van der Waals surface area (Å²) in [6.45, 7) is 7.34. The van der Waals surface area contributed by atoms with E-state index in [0.29, 0.717) is 38.3 Å². The molecule has 0 bridgehead atoms. The summed E-state index contributed by atoms with van der Waals surface area (Å²) < 4.78 is 20.1. The molecule has 2 saturated heterocycles. The molecule has 0 spiro atoms. The fourth-order valence-corrected chi connectivity index (χ4v) is 6.72. The van der Waals surface area contributed by atoms with Gasteiger partial charge >= 0.3 is 6.01 Å². The SMILES string of the molecule is C=C(F)C(=O)N1CCN(c2nc(OCC3CCCN3C)nc3c2CCCN(c2cccc4ccccc24)C3)CC1CC#N. The van der Waals surface area contributed by atoms with Crippen molar-refractivity contribution in [2.24, 2.45) is 0 Å². The van der Waals surface area contributed by atoms with E-state index in [-0.39, 0.29) is 13.0 Å². The van der Waals surface area contributed by atoms with Gasteiger partial charge in [0.15, 0.2) is 5.83 Å². The third-order valence-electron chi connectivity index (χ3n) is 9.03. The van der Waals surface area contributed by atoms with E-state index in [4.69, 9.17) is 14.7 Å². The molecule has 4 heterocycles. The summed E-state index contributed by atoms with van der Waals surface area (Å²) in [4.78, 5) is 30.7. The number of anilines is 2. The first-order valence-electron chi connectivity index (χ1n) is 15.2. The van der Waals surface area contributed by atoms with Crippen LogP contribution in [-0.4, -0.2) is 84.1 Å². The van der Waals surface area contributed by atoms with Gasteiger partial charge in [0.25, 0.3) is 5.91 Å². The van der Waals surface area contributed by atoms with Gasteiger partial charge in [-0.2, -0.15) is 15.2 Å². The van der Waals surface area contributed by atoms with Crippen molar-refractivity contribution < 1.29 is 13.9 Å². The highest BCUT2D eigenvalue weighted by Gasteiger charge is 2.34. The zero-order valence-electron chi connectivity index (χ0n) is 24.7. The maximum atomic E-state index is 13.8. The van der Waals surface area contributed by atoms with Crippen molar-refractivity contribution in [2.75, 3.05) is 56.2 Å². The molecule has 3 aliphatic heterocycles. The van der Waals surface area contributed by atoms with Gasteiger partial charge in [-0.1, -0.05) is 43.0 Å². The molecule has 2 unspecified atom stereocenters. The van der Waals surface area contributed by atoms with Crippen LogP contribution >= 0.6 is 0 Å². The second-order valence-electron chi connectivity index (χ2n) is 11.7. The Morgan fingerprint density at radius 3 is 2.70 bits per heavy atom. The minimum atomic E-state index is -1.01. The number of hydrogen-bond donors (Lipinski definition) is 0. The van der Waals surface area contributed by atoms with Crippen molar-refractivity contribution >= 4 is 28.2 Å². The highest BCUT2D eigenvalue weighted by molar-refractivity contribution is 5.94. The molecule has 3 aromatic rings. The van der Waals surface area contributed by atoms with Crippen LogP contribution in [-0.2, 0) is 17.8 Å². The zero-order valence-corrected chi connectivity index (χ0v) is 24.7. The Hall–Kier alpha value is -4.23. The van der Waals surface area contributed by atoms with E-state index < -0.39 is 17.8 Å². The van der Waals surface area contributed by atoms with E-state index >= 15 is 0 Å².